The van der Waals surface area contributed by atoms with E-state index in [9.17, 15) is 0 Å². The largest absolute Gasteiger partial charge is 0.467 e. The molecule has 0 radical (unpaired) electrons. The minimum Gasteiger partial charge on any atom is -0.467 e. The zero-order valence-corrected chi connectivity index (χ0v) is 12.5. The van der Waals surface area contributed by atoms with Crippen LogP contribution < -0.4 is 10.2 Å². The van der Waals surface area contributed by atoms with Gasteiger partial charge in [0.15, 0.2) is 5.13 Å². The first-order chi connectivity index (χ1) is 9.15. The Morgan fingerprint density at radius 1 is 1.47 bits per heavy atom. The predicted molar refractivity (Wildman–Crippen MR) is 79.5 cm³/mol. The monoisotopic (exact) mass is 279 g/mol. The van der Waals surface area contributed by atoms with Gasteiger partial charge in [-0.1, -0.05) is 13.8 Å². The van der Waals surface area contributed by atoms with E-state index < -0.39 is 0 Å². The average Bonchev–Trinajstić information content (AvgIpc) is 2.99. The topological polar surface area (TPSA) is 41.3 Å². The number of aromatic nitrogens is 1. The van der Waals surface area contributed by atoms with E-state index in [0.29, 0.717) is 5.92 Å². The highest BCUT2D eigenvalue weighted by atomic mass is 32.1. The molecule has 104 valence electrons. The first-order valence-corrected chi connectivity index (χ1v) is 7.35. The molecule has 2 aromatic heterocycles. The van der Waals surface area contributed by atoms with Crippen LogP contribution in [0, 0.1) is 5.92 Å². The molecule has 19 heavy (non-hydrogen) atoms. The van der Waals surface area contributed by atoms with Crippen LogP contribution in [0.25, 0.3) is 0 Å². The Morgan fingerprint density at radius 2 is 2.32 bits per heavy atom. The van der Waals surface area contributed by atoms with Crippen molar-refractivity contribution in [3.8, 4) is 0 Å². The summed E-state index contributed by atoms with van der Waals surface area (Å²) in [6.45, 7) is 7.10. The maximum atomic E-state index is 5.35. The van der Waals surface area contributed by atoms with Gasteiger partial charge in [-0.3, -0.25) is 0 Å². The standard InChI is InChI=1S/C14H21N3OS/c1-11(2)7-15-8-13-9-16-14(19-13)17(3)10-12-5-4-6-18-12/h4-6,9,11,15H,7-8,10H2,1-3H3. The summed E-state index contributed by atoms with van der Waals surface area (Å²) < 4.78 is 5.35. The molecule has 0 bridgehead atoms. The fraction of sp³-hybridized carbons (Fsp3) is 0.500. The highest BCUT2D eigenvalue weighted by Crippen LogP contribution is 2.22. The van der Waals surface area contributed by atoms with E-state index in [4.69, 9.17) is 4.42 Å². The minimum atomic E-state index is 0.675. The normalized spacial score (nSPS) is 11.2. The number of hydrogen-bond acceptors (Lipinski definition) is 5. The number of nitrogens with one attached hydrogen (secondary N) is 1. The molecule has 0 aliphatic heterocycles. The summed E-state index contributed by atoms with van der Waals surface area (Å²) in [4.78, 5) is 7.83. The lowest BCUT2D eigenvalue weighted by atomic mass is 10.2. The summed E-state index contributed by atoms with van der Waals surface area (Å²) in [5, 5.41) is 4.46. The third kappa shape index (κ3) is 4.36. The number of rotatable bonds is 7. The molecule has 0 fully saturated rings. The smallest absolute Gasteiger partial charge is 0.185 e. The Bertz CT molecular complexity index is 479. The summed E-state index contributed by atoms with van der Waals surface area (Å²) in [5.41, 5.74) is 0. The average molecular weight is 279 g/mol. The maximum absolute atomic E-state index is 5.35. The Kier molecular flexibility index (Phi) is 4.99. The van der Waals surface area contributed by atoms with Crippen LogP contribution in [0.1, 0.15) is 24.5 Å². The van der Waals surface area contributed by atoms with E-state index in [1.807, 2.05) is 25.4 Å². The predicted octanol–water partition coefficient (Wildman–Crippen LogP) is 3.12. The van der Waals surface area contributed by atoms with Gasteiger partial charge < -0.3 is 14.6 Å². The van der Waals surface area contributed by atoms with Crippen molar-refractivity contribution in [1.82, 2.24) is 10.3 Å². The first-order valence-electron chi connectivity index (χ1n) is 6.54. The number of anilines is 1. The summed E-state index contributed by atoms with van der Waals surface area (Å²) in [6, 6.07) is 3.89. The third-order valence-electron chi connectivity index (χ3n) is 2.69. The van der Waals surface area contributed by atoms with Gasteiger partial charge in [0.1, 0.15) is 5.76 Å². The van der Waals surface area contributed by atoms with Crippen molar-refractivity contribution in [2.75, 3.05) is 18.5 Å². The van der Waals surface area contributed by atoms with Gasteiger partial charge in [0, 0.05) is 24.7 Å². The molecule has 0 amide bonds. The molecule has 0 atom stereocenters. The summed E-state index contributed by atoms with van der Waals surface area (Å²) >= 11 is 1.73. The van der Waals surface area contributed by atoms with E-state index in [1.54, 1.807) is 17.6 Å². The second kappa shape index (κ2) is 6.73. The molecule has 2 rings (SSSR count). The second-order valence-corrected chi connectivity index (χ2v) is 6.16. The van der Waals surface area contributed by atoms with Crippen LogP contribution in [0.15, 0.2) is 29.0 Å². The van der Waals surface area contributed by atoms with E-state index >= 15 is 0 Å². The van der Waals surface area contributed by atoms with Crippen molar-refractivity contribution in [2.24, 2.45) is 5.92 Å². The van der Waals surface area contributed by atoms with E-state index in [1.165, 1.54) is 4.88 Å². The molecule has 0 aromatic carbocycles. The number of thiazole rings is 1. The fourth-order valence-corrected chi connectivity index (χ4v) is 2.58. The molecule has 5 heteroatoms. The van der Waals surface area contributed by atoms with Gasteiger partial charge in [0.05, 0.1) is 12.8 Å². The van der Waals surface area contributed by atoms with Gasteiger partial charge in [-0.05, 0) is 24.6 Å². The van der Waals surface area contributed by atoms with Crippen LogP contribution in [0.3, 0.4) is 0 Å². The van der Waals surface area contributed by atoms with E-state index in [2.05, 4.69) is 29.0 Å². The highest BCUT2D eigenvalue weighted by molar-refractivity contribution is 7.15. The van der Waals surface area contributed by atoms with Crippen molar-refractivity contribution in [3.63, 3.8) is 0 Å². The molecule has 0 spiro atoms. The van der Waals surface area contributed by atoms with Gasteiger partial charge in [-0.15, -0.1) is 11.3 Å². The van der Waals surface area contributed by atoms with Gasteiger partial charge in [-0.25, -0.2) is 4.98 Å². The molecule has 0 unspecified atom stereocenters. The lowest BCUT2D eigenvalue weighted by Gasteiger charge is -2.13. The van der Waals surface area contributed by atoms with E-state index in [0.717, 1.165) is 30.5 Å². The van der Waals surface area contributed by atoms with Crippen molar-refractivity contribution in [2.45, 2.75) is 26.9 Å². The molecule has 0 aliphatic rings. The summed E-state index contributed by atoms with van der Waals surface area (Å²) in [5.74, 6) is 1.63. The van der Waals surface area contributed by atoms with Crippen molar-refractivity contribution < 1.29 is 4.42 Å². The highest BCUT2D eigenvalue weighted by Gasteiger charge is 2.09. The SMILES string of the molecule is CC(C)CNCc1cnc(N(C)Cc2ccco2)s1. The van der Waals surface area contributed by atoms with Crippen LogP contribution in [0.5, 0.6) is 0 Å². The zero-order chi connectivity index (χ0) is 13.7. The number of nitrogens with zero attached hydrogens (tertiary/aromatic N) is 2. The van der Waals surface area contributed by atoms with Crippen LogP contribution >= 0.6 is 11.3 Å². The van der Waals surface area contributed by atoms with Gasteiger partial charge >= 0.3 is 0 Å². The second-order valence-electron chi connectivity index (χ2n) is 5.07. The summed E-state index contributed by atoms with van der Waals surface area (Å²) in [7, 11) is 2.03. The van der Waals surface area contributed by atoms with Crippen LogP contribution in [-0.4, -0.2) is 18.6 Å². The molecule has 0 saturated heterocycles. The van der Waals surface area contributed by atoms with Crippen molar-refractivity contribution >= 4 is 16.5 Å². The maximum Gasteiger partial charge on any atom is 0.185 e. The quantitative estimate of drug-likeness (QED) is 0.845. The van der Waals surface area contributed by atoms with Crippen LogP contribution in [-0.2, 0) is 13.1 Å². The third-order valence-corrected chi connectivity index (χ3v) is 3.80. The summed E-state index contributed by atoms with van der Waals surface area (Å²) in [6.07, 6.45) is 3.65. The van der Waals surface area contributed by atoms with E-state index in [-0.39, 0.29) is 0 Å². The Morgan fingerprint density at radius 3 is 3.00 bits per heavy atom. The molecule has 4 nitrogen and oxygen atoms in total. The molecule has 2 heterocycles. The van der Waals surface area contributed by atoms with Gasteiger partial charge in [0.2, 0.25) is 0 Å². The Hall–Kier alpha value is -1.33. The Labute approximate surface area is 118 Å². The Balaban J connectivity index is 1.85. The van der Waals surface area contributed by atoms with Gasteiger partial charge in [0.25, 0.3) is 0 Å². The molecule has 0 saturated carbocycles. The molecule has 2 aromatic rings. The first kappa shape index (κ1) is 14.1. The molecule has 1 N–H and O–H groups in total. The minimum absolute atomic E-state index is 0.675. The van der Waals surface area contributed by atoms with Crippen LogP contribution in [0.4, 0.5) is 5.13 Å². The molecule has 0 aliphatic carbocycles. The molecular formula is C14H21N3OS. The van der Waals surface area contributed by atoms with Crippen molar-refractivity contribution in [3.05, 3.63) is 35.2 Å². The molecular weight excluding hydrogens is 258 g/mol. The fourth-order valence-electron chi connectivity index (χ4n) is 1.74. The number of hydrogen-bond donors (Lipinski definition) is 1. The zero-order valence-electron chi connectivity index (χ0n) is 11.7. The van der Waals surface area contributed by atoms with Crippen LogP contribution in [0.2, 0.25) is 0 Å². The lowest BCUT2D eigenvalue weighted by Crippen LogP contribution is -2.18. The number of furan rings is 1. The lowest BCUT2D eigenvalue weighted by molar-refractivity contribution is 0.507. The van der Waals surface area contributed by atoms with Crippen molar-refractivity contribution in [1.29, 1.82) is 0 Å². The van der Waals surface area contributed by atoms with Gasteiger partial charge in [-0.2, -0.15) is 0 Å².